The van der Waals surface area contributed by atoms with Crippen LogP contribution in [-0.2, 0) is 0 Å². The number of aliphatic hydroxyl groups is 1. The lowest BCUT2D eigenvalue weighted by Gasteiger charge is -2.20. The lowest BCUT2D eigenvalue weighted by Crippen LogP contribution is -2.25. The number of aliphatic hydroxyl groups excluding tert-OH is 1. The van der Waals surface area contributed by atoms with E-state index < -0.39 is 0 Å². The number of hydrogen-bond acceptors (Lipinski definition) is 5. The first kappa shape index (κ1) is 11.9. The molecule has 1 aliphatic carbocycles. The Balaban J connectivity index is 1.73. The van der Waals surface area contributed by atoms with Gasteiger partial charge < -0.3 is 15.7 Å². The summed E-state index contributed by atoms with van der Waals surface area (Å²) in [4.78, 5) is 11.0. The highest BCUT2D eigenvalue weighted by atomic mass is 16.3. The fraction of sp³-hybridized carbons (Fsp3) is 0.467. The molecule has 2 fully saturated rings. The molecule has 1 saturated carbocycles. The van der Waals surface area contributed by atoms with Crippen LogP contribution in [0, 0.1) is 11.8 Å². The fourth-order valence-corrected chi connectivity index (χ4v) is 3.72. The normalized spacial score (nSPS) is 29.1. The average molecular weight is 270 g/mol. The quantitative estimate of drug-likeness (QED) is 0.766. The van der Waals surface area contributed by atoms with Crippen LogP contribution in [0.4, 0.5) is 11.5 Å². The van der Waals surface area contributed by atoms with Crippen molar-refractivity contribution >= 4 is 22.4 Å². The molecule has 3 atom stereocenters. The molecule has 2 aromatic rings. The van der Waals surface area contributed by atoms with Crippen LogP contribution in [-0.4, -0.2) is 34.3 Å². The zero-order valence-corrected chi connectivity index (χ0v) is 11.2. The van der Waals surface area contributed by atoms with Gasteiger partial charge in [0, 0.05) is 30.1 Å². The van der Waals surface area contributed by atoms with E-state index >= 15 is 0 Å². The van der Waals surface area contributed by atoms with Crippen LogP contribution >= 0.6 is 0 Å². The smallest absolute Gasteiger partial charge is 0.139 e. The van der Waals surface area contributed by atoms with Gasteiger partial charge >= 0.3 is 0 Å². The first-order valence-electron chi connectivity index (χ1n) is 7.15. The summed E-state index contributed by atoms with van der Waals surface area (Å²) in [6.45, 7) is 1.88. The van der Waals surface area contributed by atoms with Gasteiger partial charge in [-0.3, -0.25) is 0 Å². The van der Waals surface area contributed by atoms with E-state index in [1.54, 1.807) is 6.33 Å². The first-order chi connectivity index (χ1) is 9.72. The van der Waals surface area contributed by atoms with Gasteiger partial charge in [-0.15, -0.1) is 0 Å². The van der Waals surface area contributed by atoms with Gasteiger partial charge in [-0.25, -0.2) is 9.97 Å². The van der Waals surface area contributed by atoms with Crippen molar-refractivity contribution in [1.82, 2.24) is 9.97 Å². The molecule has 0 spiro atoms. The zero-order chi connectivity index (χ0) is 13.7. The molecular formula is C15H18N4O. The molecule has 1 aliphatic heterocycles. The Kier molecular flexibility index (Phi) is 2.57. The Morgan fingerprint density at radius 1 is 1.20 bits per heavy atom. The maximum atomic E-state index is 10.0. The van der Waals surface area contributed by atoms with E-state index in [0.717, 1.165) is 48.3 Å². The van der Waals surface area contributed by atoms with Gasteiger partial charge in [-0.05, 0) is 37.0 Å². The van der Waals surface area contributed by atoms with Crippen molar-refractivity contribution in [3.8, 4) is 0 Å². The van der Waals surface area contributed by atoms with Gasteiger partial charge in [0.05, 0.1) is 11.6 Å². The molecule has 1 aromatic heterocycles. The lowest BCUT2D eigenvalue weighted by atomic mass is 10.00. The predicted molar refractivity (Wildman–Crippen MR) is 78.4 cm³/mol. The Hall–Kier alpha value is -1.88. The summed E-state index contributed by atoms with van der Waals surface area (Å²) in [5.41, 5.74) is 7.41. The Labute approximate surface area is 117 Å². The molecule has 1 aromatic carbocycles. The standard InChI is InChI=1S/C15H18N4O/c16-10-2-3-11-13(5-10)17-8-18-15(11)19-6-9-1-4-14(20)12(9)7-19/h2-3,5,8-9,12,14,20H,1,4,6-7,16H2. The van der Waals surface area contributed by atoms with E-state index in [4.69, 9.17) is 5.73 Å². The third kappa shape index (κ3) is 1.73. The summed E-state index contributed by atoms with van der Waals surface area (Å²) in [6, 6.07) is 5.76. The third-order valence-corrected chi connectivity index (χ3v) is 4.76. The van der Waals surface area contributed by atoms with E-state index in [9.17, 15) is 5.11 Å². The van der Waals surface area contributed by atoms with Crippen LogP contribution < -0.4 is 10.6 Å². The first-order valence-corrected chi connectivity index (χ1v) is 7.15. The minimum Gasteiger partial charge on any atom is -0.399 e. The highest BCUT2D eigenvalue weighted by molar-refractivity contribution is 5.91. The van der Waals surface area contributed by atoms with Crippen LogP contribution in [0.3, 0.4) is 0 Å². The van der Waals surface area contributed by atoms with E-state index in [0.29, 0.717) is 11.8 Å². The monoisotopic (exact) mass is 270 g/mol. The van der Waals surface area contributed by atoms with Gasteiger partial charge in [0.2, 0.25) is 0 Å². The predicted octanol–water partition coefficient (Wildman–Crippen LogP) is 1.42. The van der Waals surface area contributed by atoms with Gasteiger partial charge in [-0.1, -0.05) is 0 Å². The van der Waals surface area contributed by atoms with Crippen LogP contribution in [0.15, 0.2) is 24.5 Å². The Morgan fingerprint density at radius 3 is 2.95 bits per heavy atom. The summed E-state index contributed by atoms with van der Waals surface area (Å²) >= 11 is 0. The number of rotatable bonds is 1. The van der Waals surface area contributed by atoms with Crippen molar-refractivity contribution in [3.63, 3.8) is 0 Å². The SMILES string of the molecule is Nc1ccc2c(N3CC4CCC(O)C4C3)ncnc2c1. The van der Waals surface area contributed by atoms with E-state index in [2.05, 4.69) is 14.9 Å². The highest BCUT2D eigenvalue weighted by Crippen LogP contribution is 2.40. The van der Waals surface area contributed by atoms with Gasteiger partial charge in [0.15, 0.2) is 0 Å². The fourth-order valence-electron chi connectivity index (χ4n) is 3.72. The number of aromatic nitrogens is 2. The molecule has 0 radical (unpaired) electrons. The molecule has 0 bridgehead atoms. The number of nitrogens with two attached hydrogens (primary N) is 1. The van der Waals surface area contributed by atoms with Gasteiger partial charge in [-0.2, -0.15) is 0 Å². The van der Waals surface area contributed by atoms with Crippen molar-refractivity contribution in [2.45, 2.75) is 18.9 Å². The minimum atomic E-state index is -0.145. The summed E-state index contributed by atoms with van der Waals surface area (Å²) in [6.07, 6.45) is 3.53. The van der Waals surface area contributed by atoms with Crippen molar-refractivity contribution in [3.05, 3.63) is 24.5 Å². The summed E-state index contributed by atoms with van der Waals surface area (Å²) in [5, 5.41) is 11.1. The van der Waals surface area contributed by atoms with E-state index in [1.165, 1.54) is 0 Å². The van der Waals surface area contributed by atoms with E-state index in [-0.39, 0.29) is 6.10 Å². The second-order valence-corrected chi connectivity index (χ2v) is 5.95. The van der Waals surface area contributed by atoms with Crippen LogP contribution in [0.1, 0.15) is 12.8 Å². The van der Waals surface area contributed by atoms with Crippen LogP contribution in [0.2, 0.25) is 0 Å². The van der Waals surface area contributed by atoms with Crippen molar-refractivity contribution in [2.75, 3.05) is 23.7 Å². The molecule has 1 saturated heterocycles. The third-order valence-electron chi connectivity index (χ3n) is 4.76. The molecule has 0 amide bonds. The van der Waals surface area contributed by atoms with Gasteiger partial charge in [0.25, 0.3) is 0 Å². The van der Waals surface area contributed by atoms with Crippen molar-refractivity contribution in [2.24, 2.45) is 11.8 Å². The average Bonchev–Trinajstić information content (AvgIpc) is 3.00. The number of nitrogen functional groups attached to an aromatic ring is 1. The molecule has 3 unspecified atom stereocenters. The molecule has 104 valence electrons. The summed E-state index contributed by atoms with van der Waals surface area (Å²) in [7, 11) is 0. The molecule has 20 heavy (non-hydrogen) atoms. The Morgan fingerprint density at radius 2 is 2.10 bits per heavy atom. The van der Waals surface area contributed by atoms with Crippen molar-refractivity contribution in [1.29, 1.82) is 0 Å². The number of fused-ring (bicyclic) bond motifs is 2. The summed E-state index contributed by atoms with van der Waals surface area (Å²) < 4.78 is 0. The largest absolute Gasteiger partial charge is 0.399 e. The molecule has 5 heteroatoms. The topological polar surface area (TPSA) is 75.3 Å². The number of hydrogen-bond donors (Lipinski definition) is 2. The van der Waals surface area contributed by atoms with E-state index in [1.807, 2.05) is 18.2 Å². The zero-order valence-electron chi connectivity index (χ0n) is 11.2. The number of anilines is 2. The molecular weight excluding hydrogens is 252 g/mol. The maximum Gasteiger partial charge on any atom is 0.139 e. The lowest BCUT2D eigenvalue weighted by molar-refractivity contribution is 0.133. The molecule has 2 aliphatic rings. The maximum absolute atomic E-state index is 10.0. The van der Waals surface area contributed by atoms with Crippen LogP contribution in [0.25, 0.3) is 10.9 Å². The summed E-state index contributed by atoms with van der Waals surface area (Å²) in [5.74, 6) is 1.97. The van der Waals surface area contributed by atoms with Crippen molar-refractivity contribution < 1.29 is 5.11 Å². The second kappa shape index (κ2) is 4.31. The van der Waals surface area contributed by atoms with Crippen LogP contribution in [0.5, 0.6) is 0 Å². The number of nitrogens with zero attached hydrogens (tertiary/aromatic N) is 3. The molecule has 4 rings (SSSR count). The minimum absolute atomic E-state index is 0.145. The Bertz CT molecular complexity index is 659. The second-order valence-electron chi connectivity index (χ2n) is 5.95. The molecule has 2 heterocycles. The highest BCUT2D eigenvalue weighted by Gasteiger charge is 2.42. The number of benzene rings is 1. The molecule has 3 N–H and O–H groups in total. The molecule has 5 nitrogen and oxygen atoms in total. The van der Waals surface area contributed by atoms with Gasteiger partial charge in [0.1, 0.15) is 12.1 Å².